The van der Waals surface area contributed by atoms with Crippen LogP contribution in [0.15, 0.2) is 54.1 Å². The number of ether oxygens (including phenoxy) is 2. The zero-order valence-corrected chi connectivity index (χ0v) is 13.7. The second-order valence-electron chi connectivity index (χ2n) is 4.71. The Balaban J connectivity index is 1.68. The van der Waals surface area contributed by atoms with Crippen molar-refractivity contribution < 1.29 is 9.47 Å². The minimum atomic E-state index is 0.745. The van der Waals surface area contributed by atoms with Gasteiger partial charge in [0, 0.05) is 24.2 Å². The third kappa shape index (κ3) is 3.81. The lowest BCUT2D eigenvalue weighted by atomic mass is 10.2. The fourth-order valence-electron chi connectivity index (χ4n) is 2.03. The molecule has 2 aromatic heterocycles. The number of hydrogen-bond donors (Lipinski definition) is 0. The summed E-state index contributed by atoms with van der Waals surface area (Å²) in [5, 5.41) is 9.30. The second-order valence-corrected chi connectivity index (χ2v) is 5.70. The SMILES string of the molecule is COc1cc(CSc2ccc(-n3ccnc3)nn2)cc(OC)c1. The van der Waals surface area contributed by atoms with Crippen LogP contribution in [0.5, 0.6) is 11.5 Å². The molecule has 0 amide bonds. The Morgan fingerprint density at radius 3 is 2.39 bits per heavy atom. The van der Waals surface area contributed by atoms with Crippen LogP contribution in [0.2, 0.25) is 0 Å². The molecule has 0 fully saturated rings. The van der Waals surface area contributed by atoms with Gasteiger partial charge < -0.3 is 9.47 Å². The Bertz CT molecular complexity index is 738. The summed E-state index contributed by atoms with van der Waals surface area (Å²) in [5.41, 5.74) is 1.10. The molecule has 0 spiro atoms. The third-order valence-corrected chi connectivity index (χ3v) is 4.18. The molecule has 7 heteroatoms. The maximum absolute atomic E-state index is 5.28. The molecule has 0 atom stereocenters. The first-order valence-corrected chi connectivity index (χ1v) is 7.94. The van der Waals surface area contributed by atoms with Crippen molar-refractivity contribution in [2.24, 2.45) is 0 Å². The van der Waals surface area contributed by atoms with E-state index in [1.807, 2.05) is 41.1 Å². The number of aromatic nitrogens is 4. The molecule has 3 rings (SSSR count). The molecule has 23 heavy (non-hydrogen) atoms. The van der Waals surface area contributed by atoms with Gasteiger partial charge in [-0.1, -0.05) is 11.8 Å². The Kier molecular flexibility index (Phi) is 4.77. The van der Waals surface area contributed by atoms with E-state index in [4.69, 9.17) is 9.47 Å². The number of hydrogen-bond acceptors (Lipinski definition) is 6. The van der Waals surface area contributed by atoms with E-state index in [1.54, 1.807) is 38.5 Å². The van der Waals surface area contributed by atoms with Crippen molar-refractivity contribution in [3.63, 3.8) is 0 Å². The van der Waals surface area contributed by atoms with Crippen molar-refractivity contribution >= 4 is 11.8 Å². The molecule has 118 valence electrons. The van der Waals surface area contributed by atoms with Gasteiger partial charge in [0.2, 0.25) is 0 Å². The molecule has 0 aliphatic rings. The third-order valence-electron chi connectivity index (χ3n) is 3.19. The monoisotopic (exact) mass is 328 g/mol. The van der Waals surface area contributed by atoms with Crippen LogP contribution < -0.4 is 9.47 Å². The summed E-state index contributed by atoms with van der Waals surface area (Å²) in [7, 11) is 3.29. The van der Waals surface area contributed by atoms with Crippen LogP contribution in [0.4, 0.5) is 0 Å². The smallest absolute Gasteiger partial charge is 0.160 e. The first-order chi connectivity index (χ1) is 11.3. The van der Waals surface area contributed by atoms with Gasteiger partial charge in [-0.25, -0.2) is 4.98 Å². The van der Waals surface area contributed by atoms with Gasteiger partial charge in [0.25, 0.3) is 0 Å². The normalized spacial score (nSPS) is 10.5. The fraction of sp³-hybridized carbons (Fsp3) is 0.188. The standard InChI is InChI=1S/C16H16N4O2S/c1-21-13-7-12(8-14(9-13)22-2)10-23-16-4-3-15(18-19-16)20-6-5-17-11-20/h3-9,11H,10H2,1-2H3. The van der Waals surface area contributed by atoms with Crippen LogP contribution in [0.1, 0.15) is 5.56 Å². The summed E-state index contributed by atoms with van der Waals surface area (Å²) in [6.07, 6.45) is 5.24. The lowest BCUT2D eigenvalue weighted by molar-refractivity contribution is 0.393. The molecule has 6 nitrogen and oxygen atoms in total. The summed E-state index contributed by atoms with van der Waals surface area (Å²) in [5.74, 6) is 3.06. The van der Waals surface area contributed by atoms with Crippen LogP contribution in [0, 0.1) is 0 Å². The predicted octanol–water partition coefficient (Wildman–Crippen LogP) is 2.97. The Morgan fingerprint density at radius 1 is 1.04 bits per heavy atom. The van der Waals surface area contributed by atoms with Crippen molar-refractivity contribution in [3.05, 3.63) is 54.6 Å². The first kappa shape index (κ1) is 15.4. The summed E-state index contributed by atoms with van der Waals surface area (Å²) in [6.45, 7) is 0. The Hall–Kier alpha value is -2.54. The zero-order valence-electron chi connectivity index (χ0n) is 12.8. The summed E-state index contributed by atoms with van der Waals surface area (Å²) >= 11 is 1.61. The predicted molar refractivity (Wildman–Crippen MR) is 88.3 cm³/mol. The lowest BCUT2D eigenvalue weighted by Gasteiger charge is -2.08. The van der Waals surface area contributed by atoms with E-state index in [0.717, 1.165) is 33.7 Å². The molecule has 1 aromatic carbocycles. The molecule has 0 aliphatic carbocycles. The molecule has 3 aromatic rings. The molecule has 0 N–H and O–H groups in total. The minimum Gasteiger partial charge on any atom is -0.497 e. The maximum atomic E-state index is 5.28. The van der Waals surface area contributed by atoms with E-state index < -0.39 is 0 Å². The quantitative estimate of drug-likeness (QED) is 0.648. The molecule has 2 heterocycles. The van der Waals surface area contributed by atoms with Gasteiger partial charge in [0.1, 0.15) is 22.9 Å². The minimum absolute atomic E-state index is 0.745. The number of methoxy groups -OCH3 is 2. The second kappa shape index (κ2) is 7.15. The number of rotatable bonds is 6. The van der Waals surface area contributed by atoms with Gasteiger partial charge in [-0.2, -0.15) is 0 Å². The summed E-state index contributed by atoms with van der Waals surface area (Å²) < 4.78 is 12.4. The maximum Gasteiger partial charge on any atom is 0.160 e. The molecular weight excluding hydrogens is 312 g/mol. The van der Waals surface area contributed by atoms with Gasteiger partial charge >= 0.3 is 0 Å². The van der Waals surface area contributed by atoms with Gasteiger partial charge in [-0.15, -0.1) is 10.2 Å². The highest BCUT2D eigenvalue weighted by Gasteiger charge is 2.05. The fourth-order valence-corrected chi connectivity index (χ4v) is 2.77. The molecule has 0 aliphatic heterocycles. The van der Waals surface area contributed by atoms with E-state index in [1.165, 1.54) is 0 Å². The van der Waals surface area contributed by atoms with Crippen LogP contribution in [0.25, 0.3) is 5.82 Å². The molecule has 0 unspecified atom stereocenters. The molecule has 0 bridgehead atoms. The largest absolute Gasteiger partial charge is 0.497 e. The lowest BCUT2D eigenvalue weighted by Crippen LogP contribution is -1.97. The zero-order chi connectivity index (χ0) is 16.1. The van der Waals surface area contributed by atoms with E-state index in [-0.39, 0.29) is 0 Å². The van der Waals surface area contributed by atoms with Crippen molar-refractivity contribution in [2.45, 2.75) is 10.8 Å². The molecule has 0 radical (unpaired) electrons. The van der Waals surface area contributed by atoms with Crippen LogP contribution in [-0.4, -0.2) is 34.0 Å². The molecular formula is C16H16N4O2S. The van der Waals surface area contributed by atoms with Crippen molar-refractivity contribution in [1.29, 1.82) is 0 Å². The van der Waals surface area contributed by atoms with Gasteiger partial charge in [0.05, 0.1) is 14.2 Å². The van der Waals surface area contributed by atoms with Crippen molar-refractivity contribution in [2.75, 3.05) is 14.2 Å². The van der Waals surface area contributed by atoms with Crippen LogP contribution in [-0.2, 0) is 5.75 Å². The van der Waals surface area contributed by atoms with Crippen LogP contribution in [0.3, 0.4) is 0 Å². The van der Waals surface area contributed by atoms with Crippen molar-refractivity contribution in [3.8, 4) is 17.3 Å². The average Bonchev–Trinajstić information content (AvgIpc) is 3.14. The van der Waals surface area contributed by atoms with Crippen molar-refractivity contribution in [1.82, 2.24) is 19.7 Å². The van der Waals surface area contributed by atoms with Crippen LogP contribution >= 0.6 is 11.8 Å². The highest BCUT2D eigenvalue weighted by Crippen LogP contribution is 2.27. The van der Waals surface area contributed by atoms with E-state index in [2.05, 4.69) is 15.2 Å². The summed E-state index contributed by atoms with van der Waals surface area (Å²) in [6, 6.07) is 9.70. The molecule has 0 saturated heterocycles. The first-order valence-electron chi connectivity index (χ1n) is 6.95. The Morgan fingerprint density at radius 2 is 1.83 bits per heavy atom. The van der Waals surface area contributed by atoms with Gasteiger partial charge in [-0.3, -0.25) is 4.57 Å². The number of benzene rings is 1. The molecule has 0 saturated carbocycles. The Labute approximate surface area is 138 Å². The number of imidazole rings is 1. The van der Waals surface area contributed by atoms with E-state index in [0.29, 0.717) is 0 Å². The van der Waals surface area contributed by atoms with Gasteiger partial charge in [0.15, 0.2) is 5.82 Å². The highest BCUT2D eigenvalue weighted by atomic mass is 32.2. The number of thioether (sulfide) groups is 1. The highest BCUT2D eigenvalue weighted by molar-refractivity contribution is 7.98. The van der Waals surface area contributed by atoms with Gasteiger partial charge in [-0.05, 0) is 29.8 Å². The van der Waals surface area contributed by atoms with E-state index in [9.17, 15) is 0 Å². The summed E-state index contributed by atoms with van der Waals surface area (Å²) in [4.78, 5) is 4.00. The average molecular weight is 328 g/mol. The van der Waals surface area contributed by atoms with E-state index >= 15 is 0 Å². The topological polar surface area (TPSA) is 62.1 Å². The number of nitrogens with zero attached hydrogens (tertiary/aromatic N) is 4.